The minimum absolute atomic E-state index is 0. The second-order valence-corrected chi connectivity index (χ2v) is 7.40. The van der Waals surface area contributed by atoms with E-state index in [-0.39, 0.29) is 35.6 Å². The Hall–Kier alpha value is -0.770. The summed E-state index contributed by atoms with van der Waals surface area (Å²) in [6.45, 7) is 12.8. The summed E-state index contributed by atoms with van der Waals surface area (Å²) in [5.74, 6) is 0.673. The topological polar surface area (TPSA) is 84.0 Å². The van der Waals surface area contributed by atoms with E-state index >= 15 is 0 Å². The van der Waals surface area contributed by atoms with Crippen molar-refractivity contribution in [2.24, 2.45) is 4.99 Å². The average Bonchev–Trinajstić information content (AvgIpc) is 2.45. The minimum atomic E-state index is -0.502. The summed E-state index contributed by atoms with van der Waals surface area (Å²) in [5.41, 5.74) is -0.785. The molecule has 0 aliphatic heterocycles. The molecule has 0 fully saturated rings. The number of methoxy groups -OCH3 is 1. The molecular formula is C17H37IN4O3. The molecule has 0 aliphatic carbocycles. The third-order valence-electron chi connectivity index (χ3n) is 3.33. The number of carbonyl (C=O) groups excluding carboxylic acids is 1. The molecule has 8 heteroatoms. The highest BCUT2D eigenvalue weighted by molar-refractivity contribution is 14.0. The van der Waals surface area contributed by atoms with Crippen molar-refractivity contribution in [3.05, 3.63) is 0 Å². The smallest absolute Gasteiger partial charge is 0.407 e. The van der Waals surface area contributed by atoms with Crippen LogP contribution in [-0.2, 0) is 9.47 Å². The number of amides is 1. The Morgan fingerprint density at radius 2 is 1.76 bits per heavy atom. The predicted octanol–water partition coefficient (Wildman–Crippen LogP) is 2.89. The number of nitrogens with one attached hydrogen (secondary N) is 3. The zero-order valence-electron chi connectivity index (χ0n) is 17.0. The number of aliphatic imine (C=N–C) groups is 1. The number of ether oxygens (including phenoxy) is 2. The second-order valence-electron chi connectivity index (χ2n) is 7.40. The molecule has 0 saturated carbocycles. The van der Waals surface area contributed by atoms with Gasteiger partial charge < -0.3 is 25.4 Å². The van der Waals surface area contributed by atoms with Gasteiger partial charge in [-0.1, -0.05) is 13.3 Å². The summed E-state index contributed by atoms with van der Waals surface area (Å²) >= 11 is 0. The van der Waals surface area contributed by atoms with Gasteiger partial charge >= 0.3 is 6.09 Å². The van der Waals surface area contributed by atoms with Crippen LogP contribution in [-0.4, -0.2) is 56.5 Å². The van der Waals surface area contributed by atoms with Gasteiger partial charge in [0, 0.05) is 33.3 Å². The van der Waals surface area contributed by atoms with Crippen LogP contribution in [0.1, 0.15) is 54.4 Å². The molecule has 3 N–H and O–H groups in total. The van der Waals surface area contributed by atoms with Crippen molar-refractivity contribution in [2.75, 3.05) is 27.2 Å². The lowest BCUT2D eigenvalue weighted by Crippen LogP contribution is -2.50. The molecule has 0 aromatic rings. The highest BCUT2D eigenvalue weighted by atomic mass is 127. The molecule has 1 unspecified atom stereocenters. The molecule has 1 amide bonds. The van der Waals surface area contributed by atoms with Gasteiger partial charge in [0.15, 0.2) is 5.96 Å². The van der Waals surface area contributed by atoms with Gasteiger partial charge in [0.1, 0.15) is 5.60 Å². The van der Waals surface area contributed by atoms with E-state index in [0.29, 0.717) is 19.0 Å². The van der Waals surface area contributed by atoms with Crippen molar-refractivity contribution >= 4 is 36.0 Å². The summed E-state index contributed by atoms with van der Waals surface area (Å²) in [6.07, 6.45) is 1.42. The van der Waals surface area contributed by atoms with Gasteiger partial charge in [-0.3, -0.25) is 4.99 Å². The molecule has 0 spiro atoms. The maximum atomic E-state index is 11.9. The van der Waals surface area contributed by atoms with Crippen molar-refractivity contribution in [3.63, 3.8) is 0 Å². The number of halogens is 1. The molecule has 0 rings (SSSR count). The van der Waals surface area contributed by atoms with E-state index in [4.69, 9.17) is 9.47 Å². The van der Waals surface area contributed by atoms with Crippen molar-refractivity contribution in [2.45, 2.75) is 71.6 Å². The second kappa shape index (κ2) is 12.6. The largest absolute Gasteiger partial charge is 0.444 e. The standard InChI is InChI=1S/C17H36N4O3.HI/c1-9-10-13(21-15(22)24-16(2,3)4)11-19-14(18-7)20-12-17(5,6)23-8;/h13H,9-12H2,1-8H3,(H,21,22)(H2,18,19,20);1H. The Morgan fingerprint density at radius 1 is 1.16 bits per heavy atom. The summed E-state index contributed by atoms with van der Waals surface area (Å²) in [7, 11) is 3.39. The van der Waals surface area contributed by atoms with Gasteiger partial charge in [-0.25, -0.2) is 4.79 Å². The molecule has 0 aliphatic rings. The van der Waals surface area contributed by atoms with Gasteiger partial charge in [0.05, 0.1) is 5.60 Å². The molecule has 0 aromatic carbocycles. The molecule has 0 heterocycles. The molecule has 0 aromatic heterocycles. The predicted molar refractivity (Wildman–Crippen MR) is 114 cm³/mol. The number of carbonyl (C=O) groups is 1. The van der Waals surface area contributed by atoms with Crippen LogP contribution < -0.4 is 16.0 Å². The zero-order valence-corrected chi connectivity index (χ0v) is 19.3. The summed E-state index contributed by atoms with van der Waals surface area (Å²) in [6, 6.07) is -0.0289. The van der Waals surface area contributed by atoms with E-state index in [1.54, 1.807) is 14.2 Å². The molecule has 0 radical (unpaired) electrons. The van der Waals surface area contributed by atoms with Crippen LogP contribution in [0.5, 0.6) is 0 Å². The summed E-state index contributed by atoms with van der Waals surface area (Å²) in [4.78, 5) is 16.1. The lowest BCUT2D eigenvalue weighted by Gasteiger charge is -2.26. The van der Waals surface area contributed by atoms with Crippen LogP contribution in [0.3, 0.4) is 0 Å². The normalized spacial score (nSPS) is 13.5. The van der Waals surface area contributed by atoms with Gasteiger partial charge in [0.25, 0.3) is 0 Å². The molecule has 7 nitrogen and oxygen atoms in total. The number of alkyl carbamates (subject to hydrolysis) is 1. The Bertz CT molecular complexity index is 409. The molecule has 0 bridgehead atoms. The van der Waals surface area contributed by atoms with Crippen LogP contribution in [0.2, 0.25) is 0 Å². The SMILES string of the molecule is CCCC(CNC(=NC)NCC(C)(C)OC)NC(=O)OC(C)(C)C.I. The molecular weight excluding hydrogens is 435 g/mol. The fraction of sp³-hybridized carbons (Fsp3) is 0.882. The first-order valence-corrected chi connectivity index (χ1v) is 8.52. The fourth-order valence-electron chi connectivity index (χ4n) is 1.86. The van der Waals surface area contributed by atoms with Crippen molar-refractivity contribution in [1.29, 1.82) is 0 Å². The first-order chi connectivity index (χ1) is 11.0. The number of hydrogen-bond acceptors (Lipinski definition) is 4. The first kappa shape index (κ1) is 26.5. The lowest BCUT2D eigenvalue weighted by molar-refractivity contribution is 0.0268. The van der Waals surface area contributed by atoms with Crippen LogP contribution in [0.15, 0.2) is 4.99 Å². The van der Waals surface area contributed by atoms with Crippen molar-refractivity contribution < 1.29 is 14.3 Å². The number of nitrogens with zero attached hydrogens (tertiary/aromatic N) is 1. The van der Waals surface area contributed by atoms with Crippen LogP contribution >= 0.6 is 24.0 Å². The molecule has 0 saturated heterocycles. The Morgan fingerprint density at radius 3 is 2.20 bits per heavy atom. The Balaban J connectivity index is 0. The van der Waals surface area contributed by atoms with Crippen LogP contribution in [0.4, 0.5) is 4.79 Å². The quantitative estimate of drug-likeness (QED) is 0.288. The van der Waals surface area contributed by atoms with E-state index in [2.05, 4.69) is 27.9 Å². The highest BCUT2D eigenvalue weighted by Crippen LogP contribution is 2.07. The average molecular weight is 472 g/mol. The van der Waals surface area contributed by atoms with E-state index in [0.717, 1.165) is 12.8 Å². The Kier molecular flexibility index (Phi) is 13.3. The number of guanidine groups is 1. The van der Waals surface area contributed by atoms with Gasteiger partial charge in [0.2, 0.25) is 0 Å². The van der Waals surface area contributed by atoms with Crippen molar-refractivity contribution in [3.8, 4) is 0 Å². The lowest BCUT2D eigenvalue weighted by atomic mass is 10.1. The third-order valence-corrected chi connectivity index (χ3v) is 3.33. The van der Waals surface area contributed by atoms with E-state index < -0.39 is 11.7 Å². The van der Waals surface area contributed by atoms with E-state index in [1.165, 1.54) is 0 Å². The Labute approximate surface area is 170 Å². The van der Waals surface area contributed by atoms with Gasteiger partial charge in [-0.15, -0.1) is 24.0 Å². The van der Waals surface area contributed by atoms with E-state index in [1.807, 2.05) is 34.6 Å². The van der Waals surface area contributed by atoms with Crippen LogP contribution in [0.25, 0.3) is 0 Å². The van der Waals surface area contributed by atoms with Gasteiger partial charge in [-0.05, 0) is 41.0 Å². The number of hydrogen-bond donors (Lipinski definition) is 3. The third kappa shape index (κ3) is 14.1. The maximum Gasteiger partial charge on any atom is 0.407 e. The van der Waals surface area contributed by atoms with Gasteiger partial charge in [-0.2, -0.15) is 0 Å². The highest BCUT2D eigenvalue weighted by Gasteiger charge is 2.20. The number of rotatable bonds is 8. The zero-order chi connectivity index (χ0) is 18.8. The van der Waals surface area contributed by atoms with Crippen LogP contribution in [0, 0.1) is 0 Å². The molecule has 25 heavy (non-hydrogen) atoms. The monoisotopic (exact) mass is 472 g/mol. The first-order valence-electron chi connectivity index (χ1n) is 8.52. The molecule has 1 atom stereocenters. The maximum absolute atomic E-state index is 11.9. The molecule has 150 valence electrons. The summed E-state index contributed by atoms with van der Waals surface area (Å²) < 4.78 is 10.7. The fourth-order valence-corrected chi connectivity index (χ4v) is 1.86. The van der Waals surface area contributed by atoms with E-state index in [9.17, 15) is 4.79 Å². The van der Waals surface area contributed by atoms with Crippen molar-refractivity contribution in [1.82, 2.24) is 16.0 Å². The summed E-state index contributed by atoms with van der Waals surface area (Å²) in [5, 5.41) is 9.36. The minimum Gasteiger partial charge on any atom is -0.444 e.